The molecule has 0 fully saturated rings. The Balaban J connectivity index is 2.85. The van der Waals surface area contributed by atoms with Gasteiger partial charge in [-0.3, -0.25) is 0 Å². The summed E-state index contributed by atoms with van der Waals surface area (Å²) < 4.78 is 32.2. The van der Waals surface area contributed by atoms with Crippen LogP contribution in [0.3, 0.4) is 0 Å². The molecule has 1 unspecified atom stereocenters. The monoisotopic (exact) mass is 300 g/mol. The van der Waals surface area contributed by atoms with Gasteiger partial charge in [0.2, 0.25) is 0 Å². The third-order valence-electron chi connectivity index (χ3n) is 2.69. The molecule has 0 spiro atoms. The third-order valence-corrected chi connectivity index (χ3v) is 2.69. The molecule has 0 aromatic heterocycles. The first-order chi connectivity index (χ1) is 9.63. The number of hydrogen-bond acceptors (Lipinski definition) is 3. The average Bonchev–Trinajstić information content (AvgIpc) is 2.36. The van der Waals surface area contributed by atoms with Crippen LogP contribution in [-0.2, 0) is 4.74 Å². The summed E-state index contributed by atoms with van der Waals surface area (Å²) in [6.07, 6.45) is -1.31. The molecule has 1 atom stereocenters. The number of nitrogens with one attached hydrogen (secondary N) is 1. The fourth-order valence-corrected chi connectivity index (χ4v) is 1.77. The second kappa shape index (κ2) is 6.85. The number of benzene rings is 1. The summed E-state index contributed by atoms with van der Waals surface area (Å²) in [6, 6.07) is 7.71. The standard InChI is InChI=1S/C15H22F2N2O2/c1-14(2,3)21-13(20)19-12(9-15(16,17)10-18)11-7-5-4-6-8-11/h4-8,12H,9-10,18H2,1-3H3,(H,19,20). The maximum Gasteiger partial charge on any atom is 0.408 e. The highest BCUT2D eigenvalue weighted by molar-refractivity contribution is 5.68. The van der Waals surface area contributed by atoms with Crippen molar-refractivity contribution in [3.05, 3.63) is 35.9 Å². The van der Waals surface area contributed by atoms with E-state index in [2.05, 4.69) is 5.32 Å². The summed E-state index contributed by atoms with van der Waals surface area (Å²) >= 11 is 0. The molecule has 4 nitrogen and oxygen atoms in total. The van der Waals surface area contributed by atoms with E-state index in [0.29, 0.717) is 5.56 Å². The number of hydrogen-bond donors (Lipinski definition) is 2. The van der Waals surface area contributed by atoms with E-state index in [-0.39, 0.29) is 0 Å². The summed E-state index contributed by atoms with van der Waals surface area (Å²) in [5.74, 6) is -3.06. The predicted octanol–water partition coefficient (Wildman–Crippen LogP) is 3.24. The molecule has 3 N–H and O–H groups in total. The zero-order valence-corrected chi connectivity index (χ0v) is 12.5. The van der Waals surface area contributed by atoms with Crippen LogP contribution < -0.4 is 11.1 Å². The molecule has 0 heterocycles. The fourth-order valence-electron chi connectivity index (χ4n) is 1.77. The molecule has 1 aromatic carbocycles. The molecule has 0 radical (unpaired) electrons. The van der Waals surface area contributed by atoms with Crippen LogP contribution in [0.4, 0.5) is 13.6 Å². The number of halogens is 2. The number of carbonyl (C=O) groups excluding carboxylic acids is 1. The molecular weight excluding hydrogens is 278 g/mol. The van der Waals surface area contributed by atoms with Gasteiger partial charge in [0, 0.05) is 6.42 Å². The van der Waals surface area contributed by atoms with Gasteiger partial charge in [-0.1, -0.05) is 30.3 Å². The number of amides is 1. The van der Waals surface area contributed by atoms with Crippen molar-refractivity contribution in [2.45, 2.75) is 44.8 Å². The van der Waals surface area contributed by atoms with E-state index in [1.54, 1.807) is 51.1 Å². The highest BCUT2D eigenvalue weighted by atomic mass is 19.3. The zero-order valence-electron chi connectivity index (χ0n) is 12.5. The maximum atomic E-state index is 13.6. The molecule has 0 saturated heterocycles. The van der Waals surface area contributed by atoms with Crippen LogP contribution in [0, 0.1) is 0 Å². The Bertz CT molecular complexity index is 458. The molecule has 6 heteroatoms. The smallest absolute Gasteiger partial charge is 0.408 e. The Morgan fingerprint density at radius 3 is 2.33 bits per heavy atom. The lowest BCUT2D eigenvalue weighted by atomic mass is 10.0. The zero-order chi connectivity index (χ0) is 16.1. The van der Waals surface area contributed by atoms with Crippen molar-refractivity contribution in [3.8, 4) is 0 Å². The quantitative estimate of drug-likeness (QED) is 0.877. The summed E-state index contributed by atoms with van der Waals surface area (Å²) in [5, 5.41) is 2.48. The molecule has 1 amide bonds. The largest absolute Gasteiger partial charge is 0.444 e. The minimum atomic E-state index is -3.06. The highest BCUT2D eigenvalue weighted by Gasteiger charge is 2.33. The van der Waals surface area contributed by atoms with E-state index in [0.717, 1.165) is 0 Å². The molecule has 21 heavy (non-hydrogen) atoms. The van der Waals surface area contributed by atoms with E-state index < -0.39 is 36.6 Å². The van der Waals surface area contributed by atoms with Gasteiger partial charge in [0.25, 0.3) is 5.92 Å². The van der Waals surface area contributed by atoms with Gasteiger partial charge >= 0.3 is 6.09 Å². The van der Waals surface area contributed by atoms with Crippen LogP contribution in [0.1, 0.15) is 38.8 Å². The van der Waals surface area contributed by atoms with Crippen molar-refractivity contribution in [2.24, 2.45) is 5.73 Å². The Labute approximate surface area is 123 Å². The van der Waals surface area contributed by atoms with Gasteiger partial charge in [-0.25, -0.2) is 13.6 Å². The molecule has 118 valence electrons. The minimum Gasteiger partial charge on any atom is -0.444 e. The van der Waals surface area contributed by atoms with Crippen LogP contribution >= 0.6 is 0 Å². The summed E-state index contributed by atoms with van der Waals surface area (Å²) in [6.45, 7) is 4.35. The molecule has 1 rings (SSSR count). The lowest BCUT2D eigenvalue weighted by molar-refractivity contribution is -0.00985. The number of alkyl halides is 2. The second-order valence-corrected chi connectivity index (χ2v) is 5.87. The highest BCUT2D eigenvalue weighted by Crippen LogP contribution is 2.28. The van der Waals surface area contributed by atoms with E-state index in [9.17, 15) is 13.6 Å². The first-order valence-corrected chi connectivity index (χ1v) is 6.75. The van der Waals surface area contributed by atoms with Crippen LogP contribution in [0.5, 0.6) is 0 Å². The van der Waals surface area contributed by atoms with Gasteiger partial charge in [0.1, 0.15) is 5.60 Å². The summed E-state index contributed by atoms with van der Waals surface area (Å²) in [5.41, 5.74) is 4.96. The van der Waals surface area contributed by atoms with Gasteiger partial charge in [0.15, 0.2) is 0 Å². The van der Waals surface area contributed by atoms with Gasteiger partial charge in [-0.15, -0.1) is 0 Å². The van der Waals surface area contributed by atoms with Crippen LogP contribution in [0.15, 0.2) is 30.3 Å². The van der Waals surface area contributed by atoms with Crippen molar-refractivity contribution < 1.29 is 18.3 Å². The molecule has 0 aliphatic carbocycles. The van der Waals surface area contributed by atoms with Crippen molar-refractivity contribution in [1.82, 2.24) is 5.32 Å². The number of ether oxygens (including phenoxy) is 1. The number of alkyl carbamates (subject to hydrolysis) is 1. The predicted molar refractivity (Wildman–Crippen MR) is 77.2 cm³/mol. The average molecular weight is 300 g/mol. The molecule has 0 bridgehead atoms. The number of carbonyl (C=O) groups is 1. The first-order valence-electron chi connectivity index (χ1n) is 6.75. The third kappa shape index (κ3) is 6.53. The number of nitrogens with two attached hydrogens (primary N) is 1. The van der Waals surface area contributed by atoms with E-state index >= 15 is 0 Å². The molecule has 0 aliphatic rings. The molecule has 0 aliphatic heterocycles. The van der Waals surface area contributed by atoms with Crippen molar-refractivity contribution in [2.75, 3.05) is 6.54 Å². The van der Waals surface area contributed by atoms with Crippen molar-refractivity contribution >= 4 is 6.09 Å². The fraction of sp³-hybridized carbons (Fsp3) is 0.533. The minimum absolute atomic E-state index is 0.577. The first kappa shape index (κ1) is 17.4. The number of rotatable bonds is 5. The summed E-state index contributed by atoms with van der Waals surface area (Å²) in [7, 11) is 0. The Kier molecular flexibility index (Phi) is 5.66. The van der Waals surface area contributed by atoms with E-state index in [1.807, 2.05) is 0 Å². The lowest BCUT2D eigenvalue weighted by Crippen LogP contribution is -2.39. The topological polar surface area (TPSA) is 64.3 Å². The molecule has 1 aromatic rings. The Morgan fingerprint density at radius 2 is 1.86 bits per heavy atom. The normalized spacial score (nSPS) is 13.6. The van der Waals surface area contributed by atoms with Crippen LogP contribution in [0.2, 0.25) is 0 Å². The maximum absolute atomic E-state index is 13.6. The molecular formula is C15H22F2N2O2. The SMILES string of the molecule is CC(C)(C)OC(=O)NC(CC(F)(F)CN)c1ccccc1. The second-order valence-electron chi connectivity index (χ2n) is 5.87. The molecule has 0 saturated carbocycles. The lowest BCUT2D eigenvalue weighted by Gasteiger charge is -2.26. The summed E-state index contributed by atoms with van der Waals surface area (Å²) in [4.78, 5) is 11.8. The van der Waals surface area contributed by atoms with Gasteiger partial charge in [-0.05, 0) is 26.3 Å². The van der Waals surface area contributed by atoms with Crippen molar-refractivity contribution in [3.63, 3.8) is 0 Å². The van der Waals surface area contributed by atoms with Crippen LogP contribution in [-0.4, -0.2) is 24.2 Å². The van der Waals surface area contributed by atoms with E-state index in [1.165, 1.54) is 0 Å². The Morgan fingerprint density at radius 1 is 1.29 bits per heavy atom. The van der Waals surface area contributed by atoms with E-state index in [4.69, 9.17) is 10.5 Å². The van der Waals surface area contributed by atoms with Crippen molar-refractivity contribution in [1.29, 1.82) is 0 Å². The van der Waals surface area contributed by atoms with Gasteiger partial charge < -0.3 is 15.8 Å². The Hall–Kier alpha value is -1.69. The van der Waals surface area contributed by atoms with Crippen LogP contribution in [0.25, 0.3) is 0 Å². The van der Waals surface area contributed by atoms with Gasteiger partial charge in [0.05, 0.1) is 12.6 Å². The van der Waals surface area contributed by atoms with Gasteiger partial charge in [-0.2, -0.15) is 0 Å².